The summed E-state index contributed by atoms with van der Waals surface area (Å²) in [4.78, 5) is 24.6. The first-order valence-corrected chi connectivity index (χ1v) is 8.82. The number of likely N-dealkylation sites (N-methyl/N-ethyl adjacent to an activating group) is 1. The maximum absolute atomic E-state index is 12.5. The van der Waals surface area contributed by atoms with Crippen molar-refractivity contribution in [3.05, 3.63) is 59.7 Å². The van der Waals surface area contributed by atoms with Gasteiger partial charge < -0.3 is 20.7 Å². The van der Waals surface area contributed by atoms with Crippen LogP contribution in [0.2, 0.25) is 0 Å². The standard InChI is InChI=1S/C20H23N3O3/c1-2-21-10-11-22-19(24)15-7-5-8-16(12-15)23-20(25)18-13-14-6-3-4-9-17(14)26-18/h3-9,12,18,21H,2,10-11,13H2,1H3,(H,22,24)(H,23,25). The van der Waals surface area contributed by atoms with Crippen LogP contribution < -0.4 is 20.7 Å². The normalized spacial score (nSPS) is 15.0. The van der Waals surface area contributed by atoms with Crippen LogP contribution in [-0.2, 0) is 11.2 Å². The molecular weight excluding hydrogens is 330 g/mol. The molecule has 0 fully saturated rings. The molecular formula is C20H23N3O3. The zero-order valence-electron chi connectivity index (χ0n) is 14.7. The van der Waals surface area contributed by atoms with E-state index in [1.54, 1.807) is 24.3 Å². The largest absolute Gasteiger partial charge is 0.480 e. The summed E-state index contributed by atoms with van der Waals surface area (Å²) in [5.74, 6) is 0.371. The number of carbonyl (C=O) groups is 2. The molecule has 3 rings (SSSR count). The van der Waals surface area contributed by atoms with Gasteiger partial charge in [-0.15, -0.1) is 0 Å². The van der Waals surface area contributed by atoms with Crippen molar-refractivity contribution in [3.8, 4) is 5.75 Å². The summed E-state index contributed by atoms with van der Waals surface area (Å²) in [7, 11) is 0. The van der Waals surface area contributed by atoms with Crippen LogP contribution in [0.5, 0.6) is 5.75 Å². The van der Waals surface area contributed by atoms with E-state index in [-0.39, 0.29) is 11.8 Å². The zero-order chi connectivity index (χ0) is 18.4. The number of nitrogens with one attached hydrogen (secondary N) is 3. The van der Waals surface area contributed by atoms with E-state index in [9.17, 15) is 9.59 Å². The fourth-order valence-corrected chi connectivity index (χ4v) is 2.83. The van der Waals surface area contributed by atoms with Gasteiger partial charge in [0.25, 0.3) is 11.8 Å². The molecule has 0 saturated carbocycles. The van der Waals surface area contributed by atoms with E-state index in [0.29, 0.717) is 24.2 Å². The first kappa shape index (κ1) is 17.9. The summed E-state index contributed by atoms with van der Waals surface area (Å²) in [6.45, 7) is 4.15. The predicted molar refractivity (Wildman–Crippen MR) is 101 cm³/mol. The van der Waals surface area contributed by atoms with E-state index in [0.717, 1.165) is 24.4 Å². The Hall–Kier alpha value is -2.86. The molecule has 3 N–H and O–H groups in total. The van der Waals surface area contributed by atoms with Crippen molar-refractivity contribution < 1.29 is 14.3 Å². The summed E-state index contributed by atoms with van der Waals surface area (Å²) in [5.41, 5.74) is 2.12. The van der Waals surface area contributed by atoms with E-state index < -0.39 is 6.10 Å². The maximum Gasteiger partial charge on any atom is 0.265 e. The number of para-hydroxylation sites is 1. The Bertz CT molecular complexity index is 766. The minimum Gasteiger partial charge on any atom is -0.480 e. The molecule has 136 valence electrons. The molecule has 0 bridgehead atoms. The third-order valence-electron chi connectivity index (χ3n) is 4.17. The second kappa shape index (κ2) is 8.49. The van der Waals surface area contributed by atoms with E-state index >= 15 is 0 Å². The quantitative estimate of drug-likeness (QED) is 0.665. The van der Waals surface area contributed by atoms with Crippen molar-refractivity contribution in [2.24, 2.45) is 0 Å². The predicted octanol–water partition coefficient (Wildman–Crippen LogP) is 1.97. The van der Waals surface area contributed by atoms with Gasteiger partial charge in [0.1, 0.15) is 5.75 Å². The summed E-state index contributed by atoms with van der Waals surface area (Å²) in [6.07, 6.45) is -0.00270. The Balaban J connectivity index is 1.57. The molecule has 1 aliphatic heterocycles. The monoisotopic (exact) mass is 353 g/mol. The Morgan fingerprint density at radius 3 is 2.77 bits per heavy atom. The smallest absolute Gasteiger partial charge is 0.265 e. The Morgan fingerprint density at radius 1 is 1.12 bits per heavy atom. The number of hydrogen-bond acceptors (Lipinski definition) is 4. The van der Waals surface area contributed by atoms with Gasteiger partial charge in [-0.1, -0.05) is 31.2 Å². The minimum absolute atomic E-state index is 0.163. The average molecular weight is 353 g/mol. The number of rotatable bonds is 7. The minimum atomic E-state index is -0.551. The van der Waals surface area contributed by atoms with E-state index in [2.05, 4.69) is 16.0 Å². The molecule has 2 aromatic rings. The summed E-state index contributed by atoms with van der Waals surface area (Å²) >= 11 is 0. The first-order valence-electron chi connectivity index (χ1n) is 8.82. The second-order valence-corrected chi connectivity index (χ2v) is 6.10. The lowest BCUT2D eigenvalue weighted by Crippen LogP contribution is -2.32. The fraction of sp³-hybridized carbons (Fsp3) is 0.300. The lowest BCUT2D eigenvalue weighted by molar-refractivity contribution is -0.122. The number of fused-ring (bicyclic) bond motifs is 1. The number of carbonyl (C=O) groups excluding carboxylic acids is 2. The van der Waals surface area contributed by atoms with Gasteiger partial charge in [0.05, 0.1) is 0 Å². The van der Waals surface area contributed by atoms with Crippen LogP contribution in [0, 0.1) is 0 Å². The van der Waals surface area contributed by atoms with Crippen LogP contribution in [0.1, 0.15) is 22.8 Å². The maximum atomic E-state index is 12.5. The molecule has 26 heavy (non-hydrogen) atoms. The highest BCUT2D eigenvalue weighted by molar-refractivity contribution is 5.98. The SMILES string of the molecule is CCNCCNC(=O)c1cccc(NC(=O)C2Cc3ccccc3O2)c1. The van der Waals surface area contributed by atoms with Crippen molar-refractivity contribution in [2.75, 3.05) is 25.0 Å². The molecule has 2 aromatic carbocycles. The third-order valence-corrected chi connectivity index (χ3v) is 4.17. The van der Waals surface area contributed by atoms with Crippen molar-refractivity contribution in [1.82, 2.24) is 10.6 Å². The molecule has 0 aromatic heterocycles. The third kappa shape index (κ3) is 4.40. The molecule has 1 unspecified atom stereocenters. The first-order chi connectivity index (χ1) is 12.7. The van der Waals surface area contributed by atoms with E-state index in [4.69, 9.17) is 4.74 Å². The van der Waals surface area contributed by atoms with Crippen molar-refractivity contribution in [2.45, 2.75) is 19.4 Å². The van der Waals surface area contributed by atoms with Gasteiger partial charge in [-0.05, 0) is 36.4 Å². The van der Waals surface area contributed by atoms with Gasteiger partial charge in [0.15, 0.2) is 6.10 Å². The Morgan fingerprint density at radius 2 is 1.96 bits per heavy atom. The zero-order valence-corrected chi connectivity index (χ0v) is 14.7. The van der Waals surface area contributed by atoms with Gasteiger partial charge >= 0.3 is 0 Å². The van der Waals surface area contributed by atoms with Crippen LogP contribution in [0.3, 0.4) is 0 Å². The number of amides is 2. The highest BCUT2D eigenvalue weighted by Crippen LogP contribution is 2.28. The number of hydrogen-bond donors (Lipinski definition) is 3. The molecule has 1 aliphatic rings. The van der Waals surface area contributed by atoms with Gasteiger partial charge in [0, 0.05) is 30.8 Å². The second-order valence-electron chi connectivity index (χ2n) is 6.10. The van der Waals surface area contributed by atoms with Crippen LogP contribution >= 0.6 is 0 Å². The van der Waals surface area contributed by atoms with Crippen LogP contribution in [0.15, 0.2) is 48.5 Å². The molecule has 6 heteroatoms. The Labute approximate surface area is 152 Å². The van der Waals surface area contributed by atoms with Crippen molar-refractivity contribution >= 4 is 17.5 Å². The molecule has 0 radical (unpaired) electrons. The topological polar surface area (TPSA) is 79.5 Å². The summed E-state index contributed by atoms with van der Waals surface area (Å²) in [6, 6.07) is 14.5. The average Bonchev–Trinajstić information content (AvgIpc) is 3.10. The van der Waals surface area contributed by atoms with Crippen LogP contribution in [-0.4, -0.2) is 37.6 Å². The number of ether oxygens (including phenoxy) is 1. The molecule has 6 nitrogen and oxygen atoms in total. The Kier molecular flexibility index (Phi) is 5.86. The van der Waals surface area contributed by atoms with Gasteiger partial charge in [-0.3, -0.25) is 9.59 Å². The molecule has 1 heterocycles. The lowest BCUT2D eigenvalue weighted by atomic mass is 10.1. The summed E-state index contributed by atoms with van der Waals surface area (Å²) < 4.78 is 5.70. The highest BCUT2D eigenvalue weighted by atomic mass is 16.5. The molecule has 2 amide bonds. The van der Waals surface area contributed by atoms with E-state index in [1.807, 2.05) is 31.2 Å². The summed E-state index contributed by atoms with van der Waals surface area (Å²) in [5, 5.41) is 8.82. The van der Waals surface area contributed by atoms with Crippen LogP contribution in [0.25, 0.3) is 0 Å². The molecule has 1 atom stereocenters. The molecule has 0 aliphatic carbocycles. The number of benzene rings is 2. The van der Waals surface area contributed by atoms with Gasteiger partial charge in [0.2, 0.25) is 0 Å². The number of anilines is 1. The van der Waals surface area contributed by atoms with Crippen molar-refractivity contribution in [1.29, 1.82) is 0 Å². The van der Waals surface area contributed by atoms with Gasteiger partial charge in [-0.2, -0.15) is 0 Å². The molecule has 0 saturated heterocycles. The fourth-order valence-electron chi connectivity index (χ4n) is 2.83. The lowest BCUT2D eigenvalue weighted by Gasteiger charge is -2.12. The van der Waals surface area contributed by atoms with Gasteiger partial charge in [-0.25, -0.2) is 0 Å². The van der Waals surface area contributed by atoms with Crippen LogP contribution in [0.4, 0.5) is 5.69 Å². The molecule has 0 spiro atoms. The van der Waals surface area contributed by atoms with Crippen molar-refractivity contribution in [3.63, 3.8) is 0 Å². The van der Waals surface area contributed by atoms with E-state index in [1.165, 1.54) is 0 Å². The highest BCUT2D eigenvalue weighted by Gasteiger charge is 2.28.